The Morgan fingerprint density at radius 2 is 1.72 bits per heavy atom. The number of methoxy groups -OCH3 is 3. The number of pyridine rings is 2. The number of halogens is 2. The van der Waals surface area contributed by atoms with Gasteiger partial charge in [0.1, 0.15) is 23.6 Å². The number of hydrogen-bond donors (Lipinski definition) is 2. The molecule has 3 aromatic heterocycles. The third kappa shape index (κ3) is 6.50. The zero-order valence-corrected chi connectivity index (χ0v) is 27.7. The maximum Gasteiger partial charge on any atom is 0.247 e. The van der Waals surface area contributed by atoms with Crippen LogP contribution in [0.25, 0.3) is 27.7 Å². The van der Waals surface area contributed by atoms with Crippen molar-refractivity contribution in [3.05, 3.63) is 71.6 Å². The summed E-state index contributed by atoms with van der Waals surface area (Å²) in [6.07, 6.45) is 4.43. The van der Waals surface area contributed by atoms with Crippen molar-refractivity contribution in [3.63, 3.8) is 0 Å². The molecule has 5 aromatic rings. The standard InChI is InChI=1S/C33H34Cl2N8O4/c1-5-29(44)40-24-15-21(42-10-8-41(9-11-42)12-13-45-2)6-7-23(24)39-28-16-25-20(18-36-28)14-22(33-37-19-38-43(25)33)30-31(34)26(46-3)17-27(47-4)32(30)35/h5-7,14-19H,1,8-13H2,2-4H3,(H,36,39)(H,40,44). The minimum atomic E-state index is -0.315. The average Bonchev–Trinajstić information content (AvgIpc) is 3.59. The SMILES string of the molecule is C=CC(=O)Nc1cc(N2CCN(CCOC)CC2)ccc1Nc1cc2c(cn1)cc(-c1c(Cl)c(OC)cc(OC)c1Cl)c1ncnn12. The molecule has 12 nitrogen and oxygen atoms in total. The highest BCUT2D eigenvalue weighted by atomic mass is 35.5. The van der Waals surface area contributed by atoms with E-state index >= 15 is 0 Å². The Kier molecular flexibility index (Phi) is 9.64. The third-order valence-corrected chi connectivity index (χ3v) is 8.88. The van der Waals surface area contributed by atoms with Gasteiger partial charge in [-0.2, -0.15) is 5.10 Å². The maximum atomic E-state index is 12.4. The fourth-order valence-corrected chi connectivity index (χ4v) is 6.36. The molecular formula is C33H34Cl2N8O4. The van der Waals surface area contributed by atoms with Crippen molar-refractivity contribution in [1.29, 1.82) is 0 Å². The Hall–Kier alpha value is -4.62. The third-order valence-electron chi connectivity index (χ3n) is 8.13. The number of piperazine rings is 1. The molecule has 14 heteroatoms. The molecule has 1 amide bonds. The van der Waals surface area contributed by atoms with Gasteiger partial charge in [-0.1, -0.05) is 29.8 Å². The van der Waals surface area contributed by atoms with E-state index in [-0.39, 0.29) is 5.91 Å². The first-order valence-electron chi connectivity index (χ1n) is 14.9. The van der Waals surface area contributed by atoms with Crippen LogP contribution in [0.3, 0.4) is 0 Å². The van der Waals surface area contributed by atoms with Crippen LogP contribution >= 0.6 is 23.2 Å². The van der Waals surface area contributed by atoms with Gasteiger partial charge in [0, 0.05) is 80.4 Å². The van der Waals surface area contributed by atoms with Crippen molar-refractivity contribution in [3.8, 4) is 22.6 Å². The van der Waals surface area contributed by atoms with Gasteiger partial charge in [0.25, 0.3) is 0 Å². The summed E-state index contributed by atoms with van der Waals surface area (Å²) in [4.78, 5) is 26.3. The molecule has 0 unspecified atom stereocenters. The number of nitrogens with one attached hydrogen (secondary N) is 2. The van der Waals surface area contributed by atoms with Crippen molar-refractivity contribution in [2.75, 3.05) is 76.2 Å². The number of carbonyl (C=O) groups excluding carboxylic acids is 1. The summed E-state index contributed by atoms with van der Waals surface area (Å²) in [7, 11) is 4.77. The molecular weight excluding hydrogens is 643 g/mol. The van der Waals surface area contributed by atoms with Gasteiger partial charge in [-0.05, 0) is 30.3 Å². The Morgan fingerprint density at radius 3 is 2.40 bits per heavy atom. The molecule has 1 aliphatic rings. The fourth-order valence-electron chi connectivity index (χ4n) is 5.66. The van der Waals surface area contributed by atoms with Gasteiger partial charge in [-0.25, -0.2) is 14.5 Å². The number of benzene rings is 2. The Balaban J connectivity index is 1.34. The lowest BCUT2D eigenvalue weighted by atomic mass is 10.0. The van der Waals surface area contributed by atoms with Crippen LogP contribution in [-0.4, -0.2) is 91.0 Å². The molecule has 6 rings (SSSR count). The molecule has 0 bridgehead atoms. The van der Waals surface area contributed by atoms with E-state index in [9.17, 15) is 4.79 Å². The second kappa shape index (κ2) is 14.0. The molecule has 2 aromatic carbocycles. The minimum Gasteiger partial charge on any atom is -0.495 e. The molecule has 0 aliphatic carbocycles. The Morgan fingerprint density at radius 1 is 0.979 bits per heavy atom. The van der Waals surface area contributed by atoms with E-state index in [2.05, 4.69) is 42.1 Å². The van der Waals surface area contributed by atoms with Crippen LogP contribution in [0.4, 0.5) is 22.9 Å². The molecule has 2 N–H and O–H groups in total. The molecule has 47 heavy (non-hydrogen) atoms. The van der Waals surface area contributed by atoms with E-state index in [0.717, 1.165) is 49.3 Å². The molecule has 0 spiro atoms. The lowest BCUT2D eigenvalue weighted by Gasteiger charge is -2.36. The number of carbonyl (C=O) groups is 1. The highest BCUT2D eigenvalue weighted by Gasteiger charge is 2.23. The number of nitrogens with zero attached hydrogens (tertiary/aromatic N) is 6. The molecule has 0 atom stereocenters. The van der Waals surface area contributed by atoms with Crippen LogP contribution in [0.1, 0.15) is 0 Å². The van der Waals surface area contributed by atoms with Gasteiger partial charge in [-0.15, -0.1) is 0 Å². The van der Waals surface area contributed by atoms with E-state index in [1.807, 2.05) is 30.3 Å². The zero-order chi connectivity index (χ0) is 33.1. The van der Waals surface area contributed by atoms with Gasteiger partial charge in [-0.3, -0.25) is 9.69 Å². The van der Waals surface area contributed by atoms with Gasteiger partial charge in [0.05, 0.1) is 47.8 Å². The normalized spacial score (nSPS) is 13.6. The highest BCUT2D eigenvalue weighted by Crippen LogP contribution is 2.47. The van der Waals surface area contributed by atoms with Crippen molar-refractivity contribution in [2.45, 2.75) is 0 Å². The van der Waals surface area contributed by atoms with Gasteiger partial charge in [0.15, 0.2) is 5.65 Å². The van der Waals surface area contributed by atoms with Gasteiger partial charge < -0.3 is 29.7 Å². The summed E-state index contributed by atoms with van der Waals surface area (Å²) in [6, 6.07) is 11.3. The highest BCUT2D eigenvalue weighted by molar-refractivity contribution is 6.41. The summed E-state index contributed by atoms with van der Waals surface area (Å²) < 4.78 is 17.9. The van der Waals surface area contributed by atoms with E-state index in [4.69, 9.17) is 37.4 Å². The van der Waals surface area contributed by atoms with Crippen molar-refractivity contribution in [1.82, 2.24) is 24.5 Å². The maximum absolute atomic E-state index is 12.4. The van der Waals surface area contributed by atoms with Crippen LogP contribution in [0, 0.1) is 0 Å². The summed E-state index contributed by atoms with van der Waals surface area (Å²) >= 11 is 13.5. The number of ether oxygens (including phenoxy) is 3. The Bertz CT molecular complexity index is 1930. The summed E-state index contributed by atoms with van der Waals surface area (Å²) in [5.41, 5.74) is 4.69. The summed E-state index contributed by atoms with van der Waals surface area (Å²) in [5, 5.41) is 12.2. The first-order chi connectivity index (χ1) is 22.8. The number of hydrogen-bond acceptors (Lipinski definition) is 10. The summed E-state index contributed by atoms with van der Waals surface area (Å²) in [5.74, 6) is 1.04. The topological polar surface area (TPSA) is 118 Å². The molecule has 0 saturated carbocycles. The van der Waals surface area contributed by atoms with Crippen molar-refractivity contribution >= 4 is 68.5 Å². The van der Waals surface area contributed by atoms with Crippen LogP contribution in [0.5, 0.6) is 11.5 Å². The van der Waals surface area contributed by atoms with Crippen molar-refractivity contribution < 1.29 is 19.0 Å². The molecule has 1 fully saturated rings. The lowest BCUT2D eigenvalue weighted by molar-refractivity contribution is -0.111. The van der Waals surface area contributed by atoms with E-state index in [0.29, 0.717) is 62.1 Å². The quantitative estimate of drug-likeness (QED) is 0.164. The lowest BCUT2D eigenvalue weighted by Crippen LogP contribution is -2.47. The largest absolute Gasteiger partial charge is 0.495 e. The van der Waals surface area contributed by atoms with E-state index in [1.165, 1.54) is 26.6 Å². The number of fused-ring (bicyclic) bond motifs is 3. The van der Waals surface area contributed by atoms with Crippen LogP contribution in [0.15, 0.2) is 61.6 Å². The molecule has 1 saturated heterocycles. The Labute approximate surface area is 281 Å². The second-order valence-corrected chi connectivity index (χ2v) is 11.6. The van der Waals surface area contributed by atoms with Crippen molar-refractivity contribution in [2.24, 2.45) is 0 Å². The predicted octanol–water partition coefficient (Wildman–Crippen LogP) is 5.91. The summed E-state index contributed by atoms with van der Waals surface area (Å²) in [6.45, 7) is 8.84. The van der Waals surface area contributed by atoms with Crippen LogP contribution < -0.4 is 25.0 Å². The molecule has 4 heterocycles. The van der Waals surface area contributed by atoms with Crippen LogP contribution in [-0.2, 0) is 9.53 Å². The fraction of sp³-hybridized carbons (Fsp3) is 0.273. The first kappa shape index (κ1) is 32.3. The zero-order valence-electron chi connectivity index (χ0n) is 26.2. The monoisotopic (exact) mass is 676 g/mol. The van der Waals surface area contributed by atoms with Gasteiger partial charge in [0.2, 0.25) is 5.91 Å². The van der Waals surface area contributed by atoms with E-state index in [1.54, 1.807) is 23.9 Å². The molecule has 0 radical (unpaired) electrons. The second-order valence-electron chi connectivity index (χ2n) is 10.8. The smallest absolute Gasteiger partial charge is 0.247 e. The average molecular weight is 678 g/mol. The number of amides is 1. The molecule has 1 aliphatic heterocycles. The van der Waals surface area contributed by atoms with Crippen LogP contribution in [0.2, 0.25) is 10.0 Å². The number of rotatable bonds is 11. The number of anilines is 4. The number of aromatic nitrogens is 4. The molecule has 244 valence electrons. The first-order valence-corrected chi connectivity index (χ1v) is 15.6. The van der Waals surface area contributed by atoms with Gasteiger partial charge >= 0.3 is 0 Å². The minimum absolute atomic E-state index is 0.315. The van der Waals surface area contributed by atoms with E-state index < -0.39 is 0 Å². The predicted molar refractivity (Wildman–Crippen MR) is 186 cm³/mol.